The van der Waals surface area contributed by atoms with Crippen LogP contribution in [0.25, 0.3) is 0 Å². The lowest BCUT2D eigenvalue weighted by Gasteiger charge is -2.14. The summed E-state index contributed by atoms with van der Waals surface area (Å²) < 4.78 is 10.7. The van der Waals surface area contributed by atoms with Gasteiger partial charge in [-0.05, 0) is 23.8 Å². The van der Waals surface area contributed by atoms with Crippen LogP contribution in [0, 0.1) is 0 Å². The van der Waals surface area contributed by atoms with Crippen LogP contribution in [0.15, 0.2) is 53.5 Å². The van der Waals surface area contributed by atoms with Gasteiger partial charge in [0.2, 0.25) is 0 Å². The normalized spacial score (nSPS) is 11.2. The van der Waals surface area contributed by atoms with Crippen molar-refractivity contribution in [3.8, 4) is 5.75 Å². The number of nitrogens with one attached hydrogen (secondary N) is 2. The monoisotopic (exact) mass is 361 g/mol. The molecule has 134 valence electrons. The molecule has 0 saturated heterocycles. The molecule has 0 fully saturated rings. The van der Waals surface area contributed by atoms with Crippen molar-refractivity contribution in [2.75, 3.05) is 32.7 Å². The smallest absolute Gasteiger partial charge is 0.195 e. The summed E-state index contributed by atoms with van der Waals surface area (Å²) in [4.78, 5) is 4.24. The van der Waals surface area contributed by atoms with E-state index in [1.807, 2.05) is 48.5 Å². The van der Waals surface area contributed by atoms with Gasteiger partial charge in [0.05, 0.1) is 6.61 Å². The highest BCUT2D eigenvalue weighted by Crippen LogP contribution is 2.18. The number of guanidine groups is 1. The number of nitrogens with zero attached hydrogens (tertiary/aromatic N) is 1. The molecular formula is C19H24ClN3O2. The molecule has 0 bridgehead atoms. The van der Waals surface area contributed by atoms with E-state index in [0.717, 1.165) is 28.4 Å². The van der Waals surface area contributed by atoms with Crippen LogP contribution < -0.4 is 15.4 Å². The van der Waals surface area contributed by atoms with Crippen molar-refractivity contribution >= 4 is 23.2 Å². The predicted molar refractivity (Wildman–Crippen MR) is 104 cm³/mol. The molecule has 0 aliphatic carbocycles. The summed E-state index contributed by atoms with van der Waals surface area (Å²) in [5.74, 6) is 1.47. The number of rotatable bonds is 8. The Morgan fingerprint density at radius 3 is 2.72 bits per heavy atom. The Hall–Kier alpha value is -2.24. The first kappa shape index (κ1) is 19.1. The van der Waals surface area contributed by atoms with Crippen LogP contribution in [0.5, 0.6) is 5.75 Å². The minimum atomic E-state index is 0.590. The molecular weight excluding hydrogens is 338 g/mol. The molecule has 0 aliphatic heterocycles. The first-order chi connectivity index (χ1) is 12.2. The summed E-state index contributed by atoms with van der Waals surface area (Å²) in [5.41, 5.74) is 1.92. The van der Waals surface area contributed by atoms with Crippen LogP contribution in [0.4, 0.5) is 5.69 Å². The molecule has 0 unspecified atom stereocenters. The molecule has 0 amide bonds. The Morgan fingerprint density at radius 2 is 1.96 bits per heavy atom. The Kier molecular flexibility index (Phi) is 8.09. The summed E-state index contributed by atoms with van der Waals surface area (Å²) in [5, 5.41) is 7.24. The van der Waals surface area contributed by atoms with Gasteiger partial charge in [-0.25, -0.2) is 0 Å². The highest BCUT2D eigenvalue weighted by molar-refractivity contribution is 6.31. The highest BCUT2D eigenvalue weighted by atomic mass is 35.5. The Balaban J connectivity index is 1.89. The lowest BCUT2D eigenvalue weighted by Crippen LogP contribution is -2.30. The van der Waals surface area contributed by atoms with Gasteiger partial charge in [-0.2, -0.15) is 0 Å². The van der Waals surface area contributed by atoms with Crippen molar-refractivity contribution in [2.45, 2.75) is 13.0 Å². The third-order valence-corrected chi connectivity index (χ3v) is 3.85. The standard InChI is InChI=1S/C19H24ClN3O2/c1-21-19(22-14-15-7-3-4-10-18(15)20)23-16-8-5-9-17(13-16)25-12-6-11-24-2/h3-5,7-10,13H,6,11-12,14H2,1-2H3,(H2,21,22,23). The maximum absolute atomic E-state index is 6.18. The van der Waals surface area contributed by atoms with E-state index in [2.05, 4.69) is 15.6 Å². The average molecular weight is 362 g/mol. The summed E-state index contributed by atoms with van der Waals surface area (Å²) in [6.45, 7) is 1.90. The van der Waals surface area contributed by atoms with Gasteiger partial charge in [0.25, 0.3) is 0 Å². The van der Waals surface area contributed by atoms with E-state index in [4.69, 9.17) is 21.1 Å². The molecule has 5 nitrogen and oxygen atoms in total. The summed E-state index contributed by atoms with van der Waals surface area (Å²) >= 11 is 6.18. The lowest BCUT2D eigenvalue weighted by atomic mass is 10.2. The van der Waals surface area contributed by atoms with Crippen molar-refractivity contribution in [1.29, 1.82) is 0 Å². The van der Waals surface area contributed by atoms with Crippen molar-refractivity contribution in [1.82, 2.24) is 5.32 Å². The van der Waals surface area contributed by atoms with Crippen molar-refractivity contribution < 1.29 is 9.47 Å². The number of hydrogen-bond acceptors (Lipinski definition) is 3. The molecule has 2 rings (SSSR count). The Labute approximate surface area is 154 Å². The Bertz CT molecular complexity index is 692. The van der Waals surface area contributed by atoms with Gasteiger partial charge in [-0.1, -0.05) is 35.9 Å². The maximum atomic E-state index is 6.18. The second kappa shape index (κ2) is 10.6. The minimum Gasteiger partial charge on any atom is -0.493 e. The fourth-order valence-corrected chi connectivity index (χ4v) is 2.40. The molecule has 6 heteroatoms. The zero-order valence-corrected chi connectivity index (χ0v) is 15.3. The number of hydrogen-bond donors (Lipinski definition) is 2. The predicted octanol–water partition coefficient (Wildman–Crippen LogP) is 3.94. The van der Waals surface area contributed by atoms with E-state index in [-0.39, 0.29) is 0 Å². The Morgan fingerprint density at radius 1 is 1.12 bits per heavy atom. The fraction of sp³-hybridized carbons (Fsp3) is 0.316. The van der Waals surface area contributed by atoms with E-state index in [9.17, 15) is 0 Å². The largest absolute Gasteiger partial charge is 0.493 e. The van der Waals surface area contributed by atoms with Crippen LogP contribution in [-0.4, -0.2) is 33.3 Å². The second-order valence-corrected chi connectivity index (χ2v) is 5.77. The molecule has 0 radical (unpaired) electrons. The molecule has 0 spiro atoms. The summed E-state index contributed by atoms with van der Waals surface area (Å²) in [7, 11) is 3.42. The van der Waals surface area contributed by atoms with Gasteiger partial charge in [0.15, 0.2) is 5.96 Å². The number of aliphatic imine (C=N–C) groups is 1. The quantitative estimate of drug-likeness (QED) is 0.425. The van der Waals surface area contributed by atoms with Crippen LogP contribution in [0.2, 0.25) is 5.02 Å². The molecule has 0 aliphatic rings. The first-order valence-electron chi connectivity index (χ1n) is 8.16. The summed E-state index contributed by atoms with van der Waals surface area (Å²) in [6.07, 6.45) is 0.856. The zero-order valence-electron chi connectivity index (χ0n) is 14.6. The average Bonchev–Trinajstić information content (AvgIpc) is 2.64. The summed E-state index contributed by atoms with van der Waals surface area (Å²) in [6, 6.07) is 15.5. The van der Waals surface area contributed by atoms with E-state index < -0.39 is 0 Å². The second-order valence-electron chi connectivity index (χ2n) is 5.36. The number of methoxy groups -OCH3 is 1. The van der Waals surface area contributed by atoms with Gasteiger partial charge >= 0.3 is 0 Å². The van der Waals surface area contributed by atoms with Gasteiger partial charge in [-0.15, -0.1) is 0 Å². The van der Waals surface area contributed by atoms with Gasteiger partial charge in [0, 0.05) is 50.5 Å². The van der Waals surface area contributed by atoms with Gasteiger partial charge < -0.3 is 20.1 Å². The van der Waals surface area contributed by atoms with E-state index >= 15 is 0 Å². The highest BCUT2D eigenvalue weighted by Gasteiger charge is 2.03. The topological polar surface area (TPSA) is 54.9 Å². The molecule has 25 heavy (non-hydrogen) atoms. The number of ether oxygens (including phenoxy) is 2. The van der Waals surface area contributed by atoms with E-state index in [1.165, 1.54) is 0 Å². The van der Waals surface area contributed by atoms with Crippen molar-refractivity contribution in [3.05, 3.63) is 59.1 Å². The van der Waals surface area contributed by atoms with Crippen molar-refractivity contribution in [3.63, 3.8) is 0 Å². The molecule has 2 N–H and O–H groups in total. The third-order valence-electron chi connectivity index (χ3n) is 3.49. The number of halogens is 1. The maximum Gasteiger partial charge on any atom is 0.195 e. The number of anilines is 1. The van der Waals surface area contributed by atoms with E-state index in [0.29, 0.717) is 25.7 Å². The van der Waals surface area contributed by atoms with Crippen LogP contribution in [0.1, 0.15) is 12.0 Å². The van der Waals surface area contributed by atoms with E-state index in [1.54, 1.807) is 14.2 Å². The third kappa shape index (κ3) is 6.64. The van der Waals surface area contributed by atoms with Crippen LogP contribution in [-0.2, 0) is 11.3 Å². The van der Waals surface area contributed by atoms with Crippen LogP contribution >= 0.6 is 11.6 Å². The first-order valence-corrected chi connectivity index (χ1v) is 8.53. The molecule has 2 aromatic carbocycles. The lowest BCUT2D eigenvalue weighted by molar-refractivity contribution is 0.172. The SMILES string of the molecule is CN=C(NCc1ccccc1Cl)Nc1cccc(OCCCOC)c1. The zero-order chi connectivity index (χ0) is 17.9. The van der Waals surface area contributed by atoms with Gasteiger partial charge in [-0.3, -0.25) is 4.99 Å². The molecule has 0 atom stereocenters. The fourth-order valence-electron chi connectivity index (χ4n) is 2.19. The molecule has 2 aromatic rings. The minimum absolute atomic E-state index is 0.590. The van der Waals surface area contributed by atoms with Gasteiger partial charge in [0.1, 0.15) is 5.75 Å². The van der Waals surface area contributed by atoms with Crippen molar-refractivity contribution in [2.24, 2.45) is 4.99 Å². The number of benzene rings is 2. The molecule has 0 aromatic heterocycles. The van der Waals surface area contributed by atoms with Crippen LogP contribution in [0.3, 0.4) is 0 Å². The molecule has 0 saturated carbocycles. The molecule has 0 heterocycles.